The van der Waals surface area contributed by atoms with Crippen molar-refractivity contribution < 1.29 is 19.4 Å². The van der Waals surface area contributed by atoms with E-state index in [0.29, 0.717) is 12.2 Å². The number of hydrogen-bond acceptors (Lipinski definition) is 4. The van der Waals surface area contributed by atoms with Crippen molar-refractivity contribution in [3.63, 3.8) is 0 Å². The largest absolute Gasteiger partial charge is 0.497 e. The molecule has 1 amide bonds. The quantitative estimate of drug-likeness (QED) is 0.691. The fourth-order valence-corrected chi connectivity index (χ4v) is 3.33. The zero-order valence-electron chi connectivity index (χ0n) is 14.9. The van der Waals surface area contributed by atoms with Crippen molar-refractivity contribution in [1.29, 1.82) is 0 Å². The molecule has 26 heavy (non-hydrogen) atoms. The third-order valence-electron chi connectivity index (χ3n) is 3.93. The second kappa shape index (κ2) is 9.87. The van der Waals surface area contributed by atoms with Crippen molar-refractivity contribution in [3.8, 4) is 5.75 Å². The minimum atomic E-state index is -0.829. The number of anilines is 1. The molecule has 0 saturated carbocycles. The molecule has 1 unspecified atom stereocenters. The third-order valence-corrected chi connectivity index (χ3v) is 4.92. The number of nitrogens with one attached hydrogen (secondary N) is 1. The molecule has 2 N–H and O–H groups in total. The first kappa shape index (κ1) is 19.8. The zero-order chi connectivity index (χ0) is 18.9. The average molecular weight is 373 g/mol. The Morgan fingerprint density at radius 1 is 1.19 bits per heavy atom. The summed E-state index contributed by atoms with van der Waals surface area (Å²) in [6.07, 6.45) is 0.687. The summed E-state index contributed by atoms with van der Waals surface area (Å²) in [6, 6.07) is 15.0. The van der Waals surface area contributed by atoms with E-state index in [1.807, 2.05) is 55.5 Å². The number of rotatable bonds is 9. The molecule has 0 spiro atoms. The summed E-state index contributed by atoms with van der Waals surface area (Å²) in [6.45, 7) is 1.98. The monoisotopic (exact) mass is 373 g/mol. The van der Waals surface area contributed by atoms with Crippen LogP contribution in [0.3, 0.4) is 0 Å². The van der Waals surface area contributed by atoms with E-state index in [1.165, 1.54) is 11.8 Å². The van der Waals surface area contributed by atoms with Gasteiger partial charge in [0.2, 0.25) is 5.91 Å². The molecule has 0 heterocycles. The van der Waals surface area contributed by atoms with Crippen LogP contribution < -0.4 is 10.1 Å². The lowest BCUT2D eigenvalue weighted by Crippen LogP contribution is -2.20. The Bertz CT molecular complexity index is 746. The molecule has 5 nitrogen and oxygen atoms in total. The van der Waals surface area contributed by atoms with Gasteiger partial charge in [-0.1, -0.05) is 31.2 Å². The number of carboxylic acid groups (broad SMARTS) is 1. The Morgan fingerprint density at radius 2 is 1.92 bits per heavy atom. The molecular weight excluding hydrogens is 350 g/mol. The SMILES string of the molecule is CCC(C(=O)Nc1cccc(CSCC(=O)O)c1)c1ccc(OC)cc1. The van der Waals surface area contributed by atoms with Crippen molar-refractivity contribution >= 4 is 29.3 Å². The van der Waals surface area contributed by atoms with E-state index >= 15 is 0 Å². The van der Waals surface area contributed by atoms with E-state index < -0.39 is 5.97 Å². The number of amides is 1. The Balaban J connectivity index is 2.03. The standard InChI is InChI=1S/C20H23NO4S/c1-3-18(15-7-9-17(25-2)10-8-15)20(24)21-16-6-4-5-14(11-16)12-26-13-19(22)23/h4-11,18H,3,12-13H2,1-2H3,(H,21,24)(H,22,23). The van der Waals surface area contributed by atoms with Gasteiger partial charge in [-0.3, -0.25) is 9.59 Å². The highest BCUT2D eigenvalue weighted by Crippen LogP contribution is 2.24. The molecule has 0 saturated heterocycles. The fourth-order valence-electron chi connectivity index (χ4n) is 2.63. The highest BCUT2D eigenvalue weighted by atomic mass is 32.2. The molecule has 2 rings (SSSR count). The maximum absolute atomic E-state index is 12.7. The van der Waals surface area contributed by atoms with Crippen molar-refractivity contribution in [1.82, 2.24) is 0 Å². The lowest BCUT2D eigenvalue weighted by Gasteiger charge is -2.16. The van der Waals surface area contributed by atoms with Gasteiger partial charge in [0, 0.05) is 11.4 Å². The van der Waals surface area contributed by atoms with Crippen LogP contribution in [0, 0.1) is 0 Å². The van der Waals surface area contributed by atoms with Crippen LogP contribution in [0.4, 0.5) is 5.69 Å². The summed E-state index contributed by atoms with van der Waals surface area (Å²) < 4.78 is 5.16. The molecule has 0 bridgehead atoms. The van der Waals surface area contributed by atoms with Gasteiger partial charge in [0.25, 0.3) is 0 Å². The van der Waals surface area contributed by atoms with Crippen LogP contribution in [-0.4, -0.2) is 29.8 Å². The number of thioether (sulfide) groups is 1. The van der Waals surface area contributed by atoms with E-state index in [4.69, 9.17) is 9.84 Å². The van der Waals surface area contributed by atoms with Crippen LogP contribution in [0.1, 0.15) is 30.4 Å². The second-order valence-electron chi connectivity index (χ2n) is 5.81. The van der Waals surface area contributed by atoms with Gasteiger partial charge in [0.15, 0.2) is 0 Å². The number of benzene rings is 2. The highest BCUT2D eigenvalue weighted by Gasteiger charge is 2.19. The van der Waals surface area contributed by atoms with Gasteiger partial charge in [0.05, 0.1) is 18.8 Å². The minimum Gasteiger partial charge on any atom is -0.497 e. The highest BCUT2D eigenvalue weighted by molar-refractivity contribution is 7.99. The van der Waals surface area contributed by atoms with Crippen molar-refractivity contribution in [2.45, 2.75) is 25.0 Å². The number of carbonyl (C=O) groups is 2. The second-order valence-corrected chi connectivity index (χ2v) is 6.80. The van der Waals surface area contributed by atoms with Gasteiger partial charge in [0.1, 0.15) is 5.75 Å². The van der Waals surface area contributed by atoms with Crippen LogP contribution in [-0.2, 0) is 15.3 Å². The van der Waals surface area contributed by atoms with Crippen molar-refractivity contribution in [2.24, 2.45) is 0 Å². The maximum atomic E-state index is 12.7. The number of hydrogen-bond donors (Lipinski definition) is 2. The van der Waals surface area contributed by atoms with E-state index in [9.17, 15) is 9.59 Å². The predicted octanol–water partition coefficient (Wildman–Crippen LogP) is 4.15. The molecule has 2 aromatic rings. The zero-order valence-corrected chi connectivity index (χ0v) is 15.7. The van der Waals surface area contributed by atoms with E-state index in [0.717, 1.165) is 22.6 Å². The smallest absolute Gasteiger partial charge is 0.313 e. The molecular formula is C20H23NO4S. The first-order valence-corrected chi connectivity index (χ1v) is 9.52. The maximum Gasteiger partial charge on any atom is 0.313 e. The van der Waals surface area contributed by atoms with Crippen LogP contribution in [0.25, 0.3) is 0 Å². The van der Waals surface area contributed by atoms with Crippen LogP contribution in [0.2, 0.25) is 0 Å². The molecule has 1 atom stereocenters. The summed E-state index contributed by atoms with van der Waals surface area (Å²) in [5, 5.41) is 11.7. The predicted molar refractivity (Wildman–Crippen MR) is 105 cm³/mol. The number of carboxylic acids is 1. The first-order chi connectivity index (χ1) is 12.5. The molecule has 0 fully saturated rings. The van der Waals surface area contributed by atoms with E-state index in [2.05, 4.69) is 5.32 Å². The summed E-state index contributed by atoms with van der Waals surface area (Å²) in [5.41, 5.74) is 2.64. The molecule has 0 aliphatic rings. The Morgan fingerprint density at radius 3 is 2.54 bits per heavy atom. The van der Waals surface area contributed by atoms with Crippen molar-refractivity contribution in [3.05, 3.63) is 59.7 Å². The molecule has 2 aromatic carbocycles. The normalized spacial score (nSPS) is 11.6. The van der Waals surface area contributed by atoms with Gasteiger partial charge in [-0.25, -0.2) is 0 Å². The van der Waals surface area contributed by atoms with E-state index in [-0.39, 0.29) is 17.6 Å². The Kier molecular flexibility index (Phi) is 7.53. The Hall–Kier alpha value is -2.47. The number of ether oxygens (including phenoxy) is 1. The summed E-state index contributed by atoms with van der Waals surface area (Å²) in [4.78, 5) is 23.3. The van der Waals surface area contributed by atoms with Gasteiger partial charge in [-0.15, -0.1) is 11.8 Å². The average Bonchev–Trinajstić information content (AvgIpc) is 2.63. The van der Waals surface area contributed by atoms with Crippen LogP contribution in [0.15, 0.2) is 48.5 Å². The molecule has 0 aromatic heterocycles. The summed E-state index contributed by atoms with van der Waals surface area (Å²) >= 11 is 1.33. The molecule has 0 aliphatic heterocycles. The fraction of sp³-hybridized carbons (Fsp3) is 0.300. The van der Waals surface area contributed by atoms with Crippen molar-refractivity contribution in [2.75, 3.05) is 18.2 Å². The molecule has 0 radical (unpaired) electrons. The molecule has 138 valence electrons. The van der Waals surface area contributed by atoms with E-state index in [1.54, 1.807) is 7.11 Å². The molecule has 6 heteroatoms. The number of aliphatic carboxylic acids is 1. The summed E-state index contributed by atoms with van der Waals surface area (Å²) in [5.74, 6) is 0.275. The van der Waals surface area contributed by atoms with Crippen LogP contribution >= 0.6 is 11.8 Å². The lowest BCUT2D eigenvalue weighted by molar-refractivity contribution is -0.133. The topological polar surface area (TPSA) is 75.6 Å². The lowest BCUT2D eigenvalue weighted by atomic mass is 9.95. The van der Waals surface area contributed by atoms with Gasteiger partial charge in [-0.05, 0) is 41.8 Å². The van der Waals surface area contributed by atoms with Gasteiger partial charge < -0.3 is 15.2 Å². The van der Waals surface area contributed by atoms with Crippen LogP contribution in [0.5, 0.6) is 5.75 Å². The third kappa shape index (κ3) is 5.81. The minimum absolute atomic E-state index is 0.0615. The van der Waals surface area contributed by atoms with Gasteiger partial charge >= 0.3 is 5.97 Å². The van der Waals surface area contributed by atoms with Gasteiger partial charge in [-0.2, -0.15) is 0 Å². The Labute approximate surface area is 157 Å². The number of methoxy groups -OCH3 is 1. The first-order valence-electron chi connectivity index (χ1n) is 8.36. The number of carbonyl (C=O) groups excluding carboxylic acids is 1. The summed E-state index contributed by atoms with van der Waals surface area (Å²) in [7, 11) is 1.61. The molecule has 0 aliphatic carbocycles.